The molecule has 6 nitrogen and oxygen atoms in total. The number of hydrogen-bond acceptors (Lipinski definition) is 5. The van der Waals surface area contributed by atoms with Crippen LogP contribution in [0.4, 0.5) is 19.0 Å². The Bertz CT molecular complexity index is 915. The fourth-order valence-electron chi connectivity index (χ4n) is 3.39. The molecule has 1 aliphatic rings. The average Bonchev–Trinajstić information content (AvgIpc) is 2.68. The van der Waals surface area contributed by atoms with Crippen LogP contribution in [-0.4, -0.2) is 57.1 Å². The summed E-state index contributed by atoms with van der Waals surface area (Å²) in [6.07, 6.45) is -3.01. The third-order valence-corrected chi connectivity index (χ3v) is 6.36. The van der Waals surface area contributed by atoms with Crippen molar-refractivity contribution in [1.29, 1.82) is 0 Å². The first-order chi connectivity index (χ1) is 13.7. The Morgan fingerprint density at radius 3 is 2.34 bits per heavy atom. The number of halogens is 3. The van der Waals surface area contributed by atoms with Crippen LogP contribution in [0.3, 0.4) is 0 Å². The predicted octanol–water partition coefficient (Wildman–Crippen LogP) is 2.59. The Hall–Kier alpha value is -2.17. The monoisotopic (exact) mass is 428 g/mol. The number of nitrogens with one attached hydrogen (secondary N) is 1. The van der Waals surface area contributed by atoms with Crippen molar-refractivity contribution in [3.8, 4) is 0 Å². The minimum atomic E-state index is -4.74. The Kier molecular flexibility index (Phi) is 6.45. The largest absolute Gasteiger partial charge is 0.417 e. The summed E-state index contributed by atoms with van der Waals surface area (Å²) in [7, 11) is -4.29. The SMILES string of the molecule is CC(CN1CCN(c2ccccn2)CC1)NS(=O)(=O)c1ccccc1C(F)(F)F. The molecule has 0 amide bonds. The van der Waals surface area contributed by atoms with Crippen LogP contribution in [0.15, 0.2) is 53.6 Å². The zero-order valence-electron chi connectivity index (χ0n) is 15.9. The van der Waals surface area contributed by atoms with Crippen LogP contribution in [0.2, 0.25) is 0 Å². The van der Waals surface area contributed by atoms with Crippen molar-refractivity contribution in [1.82, 2.24) is 14.6 Å². The van der Waals surface area contributed by atoms with E-state index in [0.29, 0.717) is 19.6 Å². The van der Waals surface area contributed by atoms with E-state index in [9.17, 15) is 21.6 Å². The lowest BCUT2D eigenvalue weighted by Gasteiger charge is -2.36. The van der Waals surface area contributed by atoms with Crippen LogP contribution in [-0.2, 0) is 16.2 Å². The molecule has 1 fully saturated rings. The second-order valence-corrected chi connectivity index (χ2v) is 8.67. The normalized spacial score (nSPS) is 17.3. The molecule has 29 heavy (non-hydrogen) atoms. The molecule has 1 atom stereocenters. The fourth-order valence-corrected chi connectivity index (χ4v) is 4.85. The van der Waals surface area contributed by atoms with E-state index >= 15 is 0 Å². The van der Waals surface area contributed by atoms with Gasteiger partial charge in [-0.1, -0.05) is 18.2 Å². The summed E-state index contributed by atoms with van der Waals surface area (Å²) in [5.74, 6) is 0.893. The molecule has 1 aromatic heterocycles. The van der Waals surface area contributed by atoms with Crippen molar-refractivity contribution in [2.45, 2.75) is 24.0 Å². The highest BCUT2D eigenvalue weighted by molar-refractivity contribution is 7.89. The highest BCUT2D eigenvalue weighted by Gasteiger charge is 2.37. The summed E-state index contributed by atoms with van der Waals surface area (Å²) in [4.78, 5) is 7.80. The second kappa shape index (κ2) is 8.68. The van der Waals surface area contributed by atoms with Crippen LogP contribution in [0.5, 0.6) is 0 Å². The fraction of sp³-hybridized carbons (Fsp3) is 0.421. The molecule has 10 heteroatoms. The van der Waals surface area contributed by atoms with Crippen molar-refractivity contribution in [3.05, 3.63) is 54.2 Å². The zero-order chi connectivity index (χ0) is 21.1. The lowest BCUT2D eigenvalue weighted by molar-refractivity contribution is -0.139. The van der Waals surface area contributed by atoms with E-state index in [2.05, 4.69) is 19.5 Å². The van der Waals surface area contributed by atoms with Crippen LogP contribution in [0.1, 0.15) is 12.5 Å². The minimum absolute atomic E-state index is 0.406. The molecule has 2 heterocycles. The standard InChI is InChI=1S/C19H23F3N4O2S/c1-15(14-25-10-12-26(13-11-25)18-8-4-5-9-23-18)24-29(27,28)17-7-3-2-6-16(17)19(20,21)22/h2-9,15,24H,10-14H2,1H3. The molecule has 0 bridgehead atoms. The van der Waals surface area contributed by atoms with Gasteiger partial charge in [0.2, 0.25) is 10.0 Å². The molecule has 0 aliphatic carbocycles. The van der Waals surface area contributed by atoms with Gasteiger partial charge in [-0.3, -0.25) is 4.90 Å². The Morgan fingerprint density at radius 2 is 1.72 bits per heavy atom. The van der Waals surface area contributed by atoms with Crippen molar-refractivity contribution < 1.29 is 21.6 Å². The molecule has 1 aromatic carbocycles. The molecule has 158 valence electrons. The van der Waals surface area contributed by atoms with E-state index in [-0.39, 0.29) is 0 Å². The molecule has 0 spiro atoms. The maximum atomic E-state index is 13.2. The van der Waals surface area contributed by atoms with Crippen LogP contribution < -0.4 is 9.62 Å². The van der Waals surface area contributed by atoms with Gasteiger partial charge in [-0.2, -0.15) is 13.2 Å². The first-order valence-electron chi connectivity index (χ1n) is 9.24. The number of anilines is 1. The number of hydrogen-bond donors (Lipinski definition) is 1. The summed E-state index contributed by atoms with van der Waals surface area (Å²) in [5.41, 5.74) is -1.16. The van der Waals surface area contributed by atoms with Crippen molar-refractivity contribution >= 4 is 15.8 Å². The van der Waals surface area contributed by atoms with Gasteiger partial charge < -0.3 is 4.90 Å². The number of sulfonamides is 1. The number of piperazine rings is 1. The third kappa shape index (κ3) is 5.46. The molecule has 1 saturated heterocycles. The highest BCUT2D eigenvalue weighted by Crippen LogP contribution is 2.33. The smallest absolute Gasteiger partial charge is 0.354 e. The molecule has 0 radical (unpaired) electrons. The number of nitrogens with zero attached hydrogens (tertiary/aromatic N) is 3. The molecular weight excluding hydrogens is 405 g/mol. The molecular formula is C19H23F3N4O2S. The number of pyridine rings is 1. The molecule has 2 aromatic rings. The lowest BCUT2D eigenvalue weighted by Crippen LogP contribution is -2.51. The maximum absolute atomic E-state index is 13.2. The van der Waals surface area contributed by atoms with Gasteiger partial charge in [0.1, 0.15) is 5.82 Å². The van der Waals surface area contributed by atoms with Gasteiger partial charge >= 0.3 is 6.18 Å². The van der Waals surface area contributed by atoms with Crippen LogP contribution in [0, 0.1) is 0 Å². The summed E-state index contributed by atoms with van der Waals surface area (Å²) in [5, 5.41) is 0. The second-order valence-electron chi connectivity index (χ2n) is 6.99. The van der Waals surface area contributed by atoms with E-state index in [1.807, 2.05) is 18.2 Å². The number of rotatable bonds is 6. The highest BCUT2D eigenvalue weighted by atomic mass is 32.2. The first kappa shape index (κ1) is 21.5. The Morgan fingerprint density at radius 1 is 1.07 bits per heavy atom. The molecule has 1 unspecified atom stereocenters. The summed E-state index contributed by atoms with van der Waals surface area (Å²) in [6, 6.07) is 9.37. The summed E-state index contributed by atoms with van der Waals surface area (Å²) in [6.45, 7) is 4.96. The van der Waals surface area contributed by atoms with E-state index in [1.54, 1.807) is 13.1 Å². The van der Waals surface area contributed by atoms with E-state index in [0.717, 1.165) is 31.0 Å². The summed E-state index contributed by atoms with van der Waals surface area (Å²) >= 11 is 0. The Balaban J connectivity index is 1.59. The van der Waals surface area contributed by atoms with E-state index < -0.39 is 32.7 Å². The van der Waals surface area contributed by atoms with Crippen LogP contribution >= 0.6 is 0 Å². The number of alkyl halides is 3. The minimum Gasteiger partial charge on any atom is -0.354 e. The number of benzene rings is 1. The molecule has 1 N–H and O–H groups in total. The van der Waals surface area contributed by atoms with Gasteiger partial charge in [0.05, 0.1) is 10.5 Å². The molecule has 0 saturated carbocycles. The lowest BCUT2D eigenvalue weighted by atomic mass is 10.2. The van der Waals surface area contributed by atoms with Crippen molar-refractivity contribution in [3.63, 3.8) is 0 Å². The Labute approximate surface area is 168 Å². The van der Waals surface area contributed by atoms with Crippen molar-refractivity contribution in [2.24, 2.45) is 0 Å². The molecule has 3 rings (SSSR count). The third-order valence-electron chi connectivity index (χ3n) is 4.72. The predicted molar refractivity (Wildman–Crippen MR) is 104 cm³/mol. The van der Waals surface area contributed by atoms with Gasteiger partial charge in [0, 0.05) is 45.0 Å². The maximum Gasteiger partial charge on any atom is 0.417 e. The van der Waals surface area contributed by atoms with Crippen LogP contribution in [0.25, 0.3) is 0 Å². The van der Waals surface area contributed by atoms with Gasteiger partial charge in [-0.25, -0.2) is 18.1 Å². The van der Waals surface area contributed by atoms with Gasteiger partial charge in [-0.15, -0.1) is 0 Å². The zero-order valence-corrected chi connectivity index (χ0v) is 16.7. The van der Waals surface area contributed by atoms with Crippen molar-refractivity contribution in [2.75, 3.05) is 37.6 Å². The molecule has 1 aliphatic heterocycles. The van der Waals surface area contributed by atoms with Gasteiger partial charge in [0.15, 0.2) is 0 Å². The first-order valence-corrected chi connectivity index (χ1v) is 10.7. The van der Waals surface area contributed by atoms with E-state index in [1.165, 1.54) is 12.1 Å². The van der Waals surface area contributed by atoms with Gasteiger partial charge in [-0.05, 0) is 31.2 Å². The summed E-state index contributed by atoms with van der Waals surface area (Å²) < 4.78 is 66.9. The van der Waals surface area contributed by atoms with E-state index in [4.69, 9.17) is 0 Å². The number of aromatic nitrogens is 1. The quantitative estimate of drug-likeness (QED) is 0.766. The van der Waals surface area contributed by atoms with Gasteiger partial charge in [0.25, 0.3) is 0 Å². The average molecular weight is 428 g/mol. The topological polar surface area (TPSA) is 65.5 Å².